The van der Waals surface area contributed by atoms with Crippen LogP contribution in [-0.4, -0.2) is 62.5 Å². The van der Waals surface area contributed by atoms with E-state index in [2.05, 4.69) is 135 Å². The fraction of sp³-hybridized carbons (Fsp3) is 0.190. The van der Waals surface area contributed by atoms with Crippen LogP contribution < -0.4 is 4.74 Å². The normalized spacial score (nSPS) is 9.22. The molecule has 0 saturated heterocycles. The summed E-state index contributed by atoms with van der Waals surface area (Å²) in [5, 5.41) is 8.16. The average molecular weight is 670 g/mol. The maximum atomic E-state index is 13.4. The summed E-state index contributed by atoms with van der Waals surface area (Å²) in [7, 11) is 3.05. The molecule has 0 N–H and O–H groups in total. The number of hydrogen-bond donors (Lipinski definition) is 0. The van der Waals surface area contributed by atoms with E-state index in [9.17, 15) is 4.79 Å². The van der Waals surface area contributed by atoms with Crippen LogP contribution in [0.25, 0.3) is 0 Å². The molecule has 2 aromatic carbocycles. The van der Waals surface area contributed by atoms with Gasteiger partial charge in [0.25, 0.3) is 11.8 Å². The Bertz CT molecular complexity index is 2150. The Morgan fingerprint density at radius 3 is 1.76 bits per heavy atom. The second-order valence-corrected chi connectivity index (χ2v) is 9.10. The van der Waals surface area contributed by atoms with E-state index in [0.29, 0.717) is 35.8 Å². The van der Waals surface area contributed by atoms with Crippen molar-refractivity contribution in [3.8, 4) is 113 Å². The minimum absolute atomic E-state index is 0.0792. The number of amides is 1. The third kappa shape index (κ3) is 17.2. The number of aliphatic imine (C=N–C) groups is 1. The third-order valence-corrected chi connectivity index (χ3v) is 5.96. The number of methoxy groups -OCH3 is 2. The van der Waals surface area contributed by atoms with E-state index < -0.39 is 0 Å². The average Bonchev–Trinajstić information content (AvgIpc) is 3.16. The van der Waals surface area contributed by atoms with Gasteiger partial charge in [-0.25, -0.2) is 4.99 Å². The van der Waals surface area contributed by atoms with Gasteiger partial charge in [0.2, 0.25) is 0 Å². The Kier molecular flexibility index (Phi) is 19.7. The summed E-state index contributed by atoms with van der Waals surface area (Å²) in [6.45, 7) is 6.82. The highest BCUT2D eigenvalue weighted by Crippen LogP contribution is 2.19. The molecule has 0 bridgehead atoms. The number of likely N-dealkylation sites (N-methyl/N-ethyl adjacent to an activating group) is 1. The van der Waals surface area contributed by atoms with E-state index >= 15 is 0 Å². The lowest BCUT2D eigenvalue weighted by atomic mass is 10.2. The summed E-state index contributed by atoms with van der Waals surface area (Å²) in [4.78, 5) is 21.3. The van der Waals surface area contributed by atoms with Crippen LogP contribution in [0.4, 0.5) is 11.4 Å². The van der Waals surface area contributed by atoms with Gasteiger partial charge in [-0.2, -0.15) is 0 Å². The second-order valence-electron chi connectivity index (χ2n) is 9.10. The Labute approximate surface area is 300 Å². The molecule has 2 aromatic rings. The number of nitrogens with zero attached hydrogens (tertiary/aromatic N) is 5. The van der Waals surface area contributed by atoms with Gasteiger partial charge in [-0.1, -0.05) is 13.8 Å². The molecular formula is C42H31N5O4. The Morgan fingerprint density at radius 2 is 1.25 bits per heavy atom. The first-order chi connectivity index (χ1) is 25.0. The Balaban J connectivity index is 2.08. The van der Waals surface area contributed by atoms with Crippen LogP contribution in [0.3, 0.4) is 0 Å². The molecule has 0 aliphatic rings. The van der Waals surface area contributed by atoms with E-state index in [0.717, 1.165) is 13.1 Å². The van der Waals surface area contributed by atoms with Crippen molar-refractivity contribution in [2.75, 3.05) is 40.4 Å². The minimum atomic E-state index is -0.280. The fourth-order valence-corrected chi connectivity index (χ4v) is 3.45. The fourth-order valence-electron chi connectivity index (χ4n) is 3.45. The van der Waals surface area contributed by atoms with Crippen LogP contribution in [-0.2, 0) is 9.47 Å². The lowest BCUT2D eigenvalue weighted by molar-refractivity contribution is 0.0822. The Hall–Kier alpha value is -7.68. The zero-order valence-corrected chi connectivity index (χ0v) is 28.5. The van der Waals surface area contributed by atoms with E-state index in [1.165, 1.54) is 24.7 Å². The predicted molar refractivity (Wildman–Crippen MR) is 198 cm³/mol. The number of benzene rings is 2. The molecule has 0 aromatic heterocycles. The zero-order chi connectivity index (χ0) is 36.8. The van der Waals surface area contributed by atoms with E-state index in [4.69, 9.17) is 20.6 Å². The number of ether oxygens (including phenoxy) is 3. The van der Waals surface area contributed by atoms with Crippen LogP contribution >= 0.6 is 0 Å². The highest BCUT2D eigenvalue weighted by atomic mass is 16.5. The van der Waals surface area contributed by atoms with Crippen molar-refractivity contribution in [3.63, 3.8) is 0 Å². The molecule has 0 saturated carbocycles. The van der Waals surface area contributed by atoms with E-state index in [1.54, 1.807) is 55.6 Å². The summed E-state index contributed by atoms with van der Waals surface area (Å²) < 4.78 is 15.6. The zero-order valence-electron chi connectivity index (χ0n) is 28.5. The molecule has 1 amide bonds. The van der Waals surface area contributed by atoms with Gasteiger partial charge >= 0.3 is 0 Å². The number of carbonyl (C=O) groups excluding carboxylic acids is 1. The van der Waals surface area contributed by atoms with Crippen molar-refractivity contribution in [1.82, 2.24) is 9.80 Å². The summed E-state index contributed by atoms with van der Waals surface area (Å²) >= 11 is 0. The molecule has 0 radical (unpaired) electrons. The molecule has 0 unspecified atom stereocenters. The van der Waals surface area contributed by atoms with Crippen molar-refractivity contribution in [2.45, 2.75) is 13.8 Å². The monoisotopic (exact) mass is 669 g/mol. The third-order valence-electron chi connectivity index (χ3n) is 5.96. The van der Waals surface area contributed by atoms with Crippen LogP contribution in [0.1, 0.15) is 24.2 Å². The molecule has 0 heterocycles. The van der Waals surface area contributed by atoms with Crippen LogP contribution in [0.15, 0.2) is 75.9 Å². The van der Waals surface area contributed by atoms with Gasteiger partial charge in [-0.15, -0.1) is 16.7 Å². The van der Waals surface area contributed by atoms with Crippen LogP contribution in [0.2, 0.25) is 0 Å². The van der Waals surface area contributed by atoms with Crippen molar-refractivity contribution < 1.29 is 19.0 Å². The SMILES string of the molecule is C#CC#CC#CC#CC#CC#CC#CC#CC#CN(CCN(CC)CC)C(=O)c1ccc(N=CO/C(=C\OC)N=Nc2ccc(OC)cc2)cc1. The first-order valence-corrected chi connectivity index (χ1v) is 15.1. The first-order valence-electron chi connectivity index (χ1n) is 15.1. The summed E-state index contributed by atoms with van der Waals surface area (Å²) in [5.41, 5.74) is 1.56. The molecule has 0 aliphatic carbocycles. The maximum Gasteiger partial charge on any atom is 0.274 e. The lowest BCUT2D eigenvalue weighted by Gasteiger charge is -2.22. The topological polar surface area (TPSA) is 88.3 Å². The highest BCUT2D eigenvalue weighted by molar-refractivity contribution is 5.95. The molecule has 248 valence electrons. The molecule has 2 rings (SSSR count). The highest BCUT2D eigenvalue weighted by Gasteiger charge is 2.15. The minimum Gasteiger partial charge on any atom is -0.499 e. The van der Waals surface area contributed by atoms with Crippen LogP contribution in [0, 0.1) is 107 Å². The van der Waals surface area contributed by atoms with Gasteiger partial charge < -0.3 is 19.1 Å². The molecular weight excluding hydrogens is 638 g/mol. The molecule has 0 atom stereocenters. The summed E-state index contributed by atoms with van der Waals surface area (Å²) in [5.74, 6) is 40.5. The summed E-state index contributed by atoms with van der Waals surface area (Å²) in [6.07, 6.45) is 7.46. The molecule has 0 aliphatic heterocycles. The predicted octanol–water partition coefficient (Wildman–Crippen LogP) is 5.00. The molecule has 51 heavy (non-hydrogen) atoms. The van der Waals surface area contributed by atoms with E-state index in [1.807, 2.05) is 0 Å². The second kappa shape index (κ2) is 25.4. The standard InChI is InChI=1S/C42H31N5O4/c1-6-9-10-11-12-13-14-15-16-17-18-19-20-21-22-23-32-47(34-33-46(7-2)8-3)42(48)37-24-26-38(27-25-37)43-36-51-41(35-49-4)45-44-39-28-30-40(50-5)31-29-39/h1,24-31,35-36H,7-8,33-34H2,2-5H3/b41-35-,43-36?,45-44?. The molecule has 0 fully saturated rings. The molecule has 9 heteroatoms. The first kappa shape index (κ1) is 39.5. The van der Waals surface area contributed by atoms with Gasteiger partial charge in [0.1, 0.15) is 12.0 Å². The smallest absolute Gasteiger partial charge is 0.274 e. The Morgan fingerprint density at radius 1 is 0.725 bits per heavy atom. The van der Waals surface area contributed by atoms with Gasteiger partial charge in [-0.05, 0) is 109 Å². The van der Waals surface area contributed by atoms with Gasteiger partial charge in [-0.3, -0.25) is 9.69 Å². The largest absolute Gasteiger partial charge is 0.499 e. The van der Waals surface area contributed by atoms with Crippen molar-refractivity contribution in [3.05, 3.63) is 66.2 Å². The van der Waals surface area contributed by atoms with Gasteiger partial charge in [0, 0.05) is 72.1 Å². The summed E-state index contributed by atoms with van der Waals surface area (Å²) in [6, 6.07) is 16.5. The van der Waals surface area contributed by atoms with E-state index in [-0.39, 0.29) is 11.8 Å². The van der Waals surface area contributed by atoms with Crippen LogP contribution in [0.5, 0.6) is 5.75 Å². The number of hydrogen-bond acceptors (Lipinski definition) is 8. The molecule has 9 nitrogen and oxygen atoms in total. The van der Waals surface area contributed by atoms with Crippen molar-refractivity contribution >= 4 is 23.7 Å². The quantitative estimate of drug-likeness (QED) is 0.0749. The molecule has 0 spiro atoms. The number of carbonyl (C=O) groups is 1. The van der Waals surface area contributed by atoms with Gasteiger partial charge in [0.15, 0.2) is 6.40 Å². The van der Waals surface area contributed by atoms with Gasteiger partial charge in [0.05, 0.1) is 25.6 Å². The number of azo groups is 1. The number of rotatable bonds is 13. The van der Waals surface area contributed by atoms with Crippen molar-refractivity contribution in [2.24, 2.45) is 15.2 Å². The maximum absolute atomic E-state index is 13.4. The van der Waals surface area contributed by atoms with Crippen molar-refractivity contribution in [1.29, 1.82) is 0 Å². The number of terminal acetylenes is 1. The lowest BCUT2D eigenvalue weighted by Crippen LogP contribution is -2.36.